The van der Waals surface area contributed by atoms with Crippen LogP contribution in [0.5, 0.6) is 0 Å². The molecule has 1 aromatic heterocycles. The van der Waals surface area contributed by atoms with Crippen molar-refractivity contribution in [2.75, 3.05) is 17.7 Å². The fourth-order valence-electron chi connectivity index (χ4n) is 2.96. The number of nitrogens with one attached hydrogen (secondary N) is 1. The Hall–Kier alpha value is -2.81. The maximum absolute atomic E-state index is 12.2. The summed E-state index contributed by atoms with van der Waals surface area (Å²) in [5.74, 6) is -0.903. The van der Waals surface area contributed by atoms with Crippen LogP contribution in [0.4, 0.5) is 5.82 Å². The fraction of sp³-hybridized carbons (Fsp3) is 0.333. The first kappa shape index (κ1) is 19.0. The molecule has 2 heterocycles. The highest BCUT2D eigenvalue weighted by atomic mass is 32.2. The topological polar surface area (TPSA) is 111 Å². The number of fused-ring (bicyclic) bond motifs is 1. The third-order valence-corrected chi connectivity index (χ3v) is 5.39. The number of rotatable bonds is 5. The molecule has 0 fully saturated rings. The molecule has 142 valence electrons. The Morgan fingerprint density at radius 2 is 2.07 bits per heavy atom. The highest BCUT2D eigenvalue weighted by Gasteiger charge is 2.30. The summed E-state index contributed by atoms with van der Waals surface area (Å²) in [6.45, 7) is 3.71. The summed E-state index contributed by atoms with van der Waals surface area (Å²) < 4.78 is 6.43. The molecule has 8 nitrogen and oxygen atoms in total. The Balaban J connectivity index is 2.01. The van der Waals surface area contributed by atoms with Crippen molar-refractivity contribution in [2.45, 2.75) is 25.6 Å². The predicted octanol–water partition coefficient (Wildman–Crippen LogP) is 2.23. The van der Waals surface area contributed by atoms with Crippen LogP contribution in [0.1, 0.15) is 39.4 Å². The van der Waals surface area contributed by atoms with Crippen LogP contribution in [0.3, 0.4) is 0 Å². The van der Waals surface area contributed by atoms with E-state index in [9.17, 15) is 14.4 Å². The number of carboxylic acid groups (broad SMARTS) is 1. The summed E-state index contributed by atoms with van der Waals surface area (Å²) in [6, 6.07) is 6.55. The molecule has 0 radical (unpaired) electrons. The predicted molar refractivity (Wildman–Crippen MR) is 99.9 cm³/mol. The summed E-state index contributed by atoms with van der Waals surface area (Å²) in [5, 5.41) is 16.1. The van der Waals surface area contributed by atoms with E-state index >= 15 is 0 Å². The molecule has 0 saturated carbocycles. The average Bonchev–Trinajstić information content (AvgIpc) is 2.80. The van der Waals surface area contributed by atoms with Crippen molar-refractivity contribution in [1.29, 1.82) is 0 Å². The normalized spacial score (nSPS) is 16.2. The van der Waals surface area contributed by atoms with E-state index in [4.69, 9.17) is 9.84 Å². The Bertz CT molecular complexity index is 891. The van der Waals surface area contributed by atoms with Crippen molar-refractivity contribution in [2.24, 2.45) is 0 Å². The second-order valence-electron chi connectivity index (χ2n) is 5.98. The van der Waals surface area contributed by atoms with Crippen molar-refractivity contribution in [1.82, 2.24) is 9.78 Å². The molecule has 1 aliphatic rings. The molecule has 2 aromatic rings. The monoisotopic (exact) mass is 389 g/mol. The molecule has 0 saturated heterocycles. The van der Waals surface area contributed by atoms with Crippen LogP contribution in [0.25, 0.3) is 0 Å². The first-order chi connectivity index (χ1) is 12.9. The number of aromatic carboxylic acids is 1. The number of benzene rings is 1. The first-order valence-corrected chi connectivity index (χ1v) is 9.43. The lowest BCUT2D eigenvalue weighted by molar-refractivity contribution is -0.144. The maximum Gasteiger partial charge on any atom is 0.335 e. The second kappa shape index (κ2) is 7.83. The van der Waals surface area contributed by atoms with E-state index < -0.39 is 11.9 Å². The van der Waals surface area contributed by atoms with Gasteiger partial charge in [0.15, 0.2) is 0 Å². The van der Waals surface area contributed by atoms with Crippen molar-refractivity contribution in [3.63, 3.8) is 0 Å². The first-order valence-electron chi connectivity index (χ1n) is 8.38. The van der Waals surface area contributed by atoms with Crippen LogP contribution in [0.2, 0.25) is 0 Å². The van der Waals surface area contributed by atoms with E-state index in [1.54, 1.807) is 19.1 Å². The van der Waals surface area contributed by atoms with Gasteiger partial charge in [0.1, 0.15) is 12.4 Å². The number of amides is 1. The summed E-state index contributed by atoms with van der Waals surface area (Å²) in [4.78, 5) is 35.1. The fourth-order valence-corrected chi connectivity index (χ4v) is 4.15. The largest absolute Gasteiger partial charge is 0.478 e. The van der Waals surface area contributed by atoms with Gasteiger partial charge in [-0.1, -0.05) is 12.1 Å². The molecule has 1 amide bonds. The lowest BCUT2D eigenvalue weighted by atomic mass is 10.0. The molecule has 9 heteroatoms. The van der Waals surface area contributed by atoms with Crippen LogP contribution in [0.15, 0.2) is 24.3 Å². The molecule has 0 spiro atoms. The number of carboxylic acids is 1. The van der Waals surface area contributed by atoms with Crippen LogP contribution in [0, 0.1) is 6.92 Å². The van der Waals surface area contributed by atoms with E-state index in [2.05, 4.69) is 10.4 Å². The van der Waals surface area contributed by atoms with Crippen molar-refractivity contribution >= 4 is 35.4 Å². The molecule has 1 aliphatic heterocycles. The Morgan fingerprint density at radius 3 is 2.70 bits per heavy atom. The van der Waals surface area contributed by atoms with Gasteiger partial charge in [-0.25, -0.2) is 9.48 Å². The molecular weight excluding hydrogens is 370 g/mol. The molecule has 3 rings (SSSR count). The van der Waals surface area contributed by atoms with E-state index in [0.29, 0.717) is 11.5 Å². The van der Waals surface area contributed by atoms with Gasteiger partial charge in [0.2, 0.25) is 5.91 Å². The van der Waals surface area contributed by atoms with Crippen LogP contribution >= 0.6 is 11.8 Å². The molecule has 27 heavy (non-hydrogen) atoms. The SMILES string of the molecule is CCOC(=O)Cn1nc(C)c2c1NC(=O)CS[C@@H]2c1ccc(C(=O)O)cc1. The number of nitrogens with zero attached hydrogens (tertiary/aromatic N) is 2. The van der Waals surface area contributed by atoms with E-state index in [-0.39, 0.29) is 35.6 Å². The van der Waals surface area contributed by atoms with Crippen LogP contribution < -0.4 is 5.32 Å². The Kier molecular flexibility index (Phi) is 5.50. The highest BCUT2D eigenvalue weighted by Crippen LogP contribution is 2.43. The smallest absolute Gasteiger partial charge is 0.335 e. The van der Waals surface area contributed by atoms with Crippen LogP contribution in [-0.4, -0.2) is 45.1 Å². The van der Waals surface area contributed by atoms with Crippen LogP contribution in [-0.2, 0) is 20.9 Å². The number of esters is 1. The summed E-state index contributed by atoms with van der Waals surface area (Å²) in [7, 11) is 0. The third-order valence-electron chi connectivity index (χ3n) is 4.12. The second-order valence-corrected chi connectivity index (χ2v) is 7.07. The number of thioether (sulfide) groups is 1. The minimum Gasteiger partial charge on any atom is -0.478 e. The number of carbonyl (C=O) groups excluding carboxylic acids is 2. The quantitative estimate of drug-likeness (QED) is 0.755. The van der Waals surface area contributed by atoms with E-state index in [1.807, 2.05) is 6.92 Å². The minimum atomic E-state index is -0.994. The average molecular weight is 389 g/mol. The van der Waals surface area contributed by atoms with Gasteiger partial charge in [-0.2, -0.15) is 5.10 Å². The maximum atomic E-state index is 12.2. The summed E-state index contributed by atoms with van der Waals surface area (Å²) >= 11 is 1.43. The van der Waals surface area contributed by atoms with Gasteiger partial charge in [0, 0.05) is 5.56 Å². The van der Waals surface area contributed by atoms with Gasteiger partial charge >= 0.3 is 11.9 Å². The standard InChI is InChI=1S/C18H19N3O5S/c1-3-26-14(23)8-21-17-15(10(2)20-21)16(27-9-13(22)19-17)11-4-6-12(7-5-11)18(24)25/h4-7,16H,3,8-9H2,1-2H3,(H,19,22)(H,24,25)/t16-/m1/s1. The van der Waals surface area contributed by atoms with Crippen molar-refractivity contribution < 1.29 is 24.2 Å². The molecule has 0 unspecified atom stereocenters. The summed E-state index contributed by atoms with van der Waals surface area (Å²) in [6.07, 6.45) is 0. The van der Waals surface area contributed by atoms with E-state index in [1.165, 1.54) is 28.6 Å². The molecule has 2 N–H and O–H groups in total. The van der Waals surface area contributed by atoms with Crippen molar-refractivity contribution in [3.05, 3.63) is 46.6 Å². The van der Waals surface area contributed by atoms with Gasteiger partial charge in [0.05, 0.1) is 28.9 Å². The molecule has 1 aromatic carbocycles. The highest BCUT2D eigenvalue weighted by molar-refractivity contribution is 8.00. The number of hydrogen-bond donors (Lipinski definition) is 2. The van der Waals surface area contributed by atoms with Gasteiger partial charge in [0.25, 0.3) is 0 Å². The van der Waals surface area contributed by atoms with Crippen molar-refractivity contribution in [3.8, 4) is 0 Å². The number of carbonyl (C=O) groups is 3. The number of anilines is 1. The van der Waals surface area contributed by atoms with E-state index in [0.717, 1.165) is 11.1 Å². The molecular formula is C18H19N3O5S. The summed E-state index contributed by atoms with van der Waals surface area (Å²) in [5.41, 5.74) is 2.55. The molecule has 0 aliphatic carbocycles. The Labute approximate surface area is 159 Å². The number of ether oxygens (including phenoxy) is 1. The number of hydrogen-bond acceptors (Lipinski definition) is 6. The number of aryl methyl sites for hydroxylation is 1. The minimum absolute atomic E-state index is 0.0976. The molecule has 1 atom stereocenters. The zero-order chi connectivity index (χ0) is 19.6. The van der Waals surface area contributed by atoms with Gasteiger partial charge in [-0.3, -0.25) is 9.59 Å². The van der Waals surface area contributed by atoms with Gasteiger partial charge < -0.3 is 15.2 Å². The molecule has 0 bridgehead atoms. The Morgan fingerprint density at radius 1 is 1.37 bits per heavy atom. The number of aromatic nitrogens is 2. The third kappa shape index (κ3) is 3.97. The lowest BCUT2D eigenvalue weighted by Crippen LogP contribution is -2.20. The van der Waals surface area contributed by atoms with Gasteiger partial charge in [-0.15, -0.1) is 11.8 Å². The zero-order valence-electron chi connectivity index (χ0n) is 14.9. The zero-order valence-corrected chi connectivity index (χ0v) is 15.7. The van der Waals surface area contributed by atoms with Gasteiger partial charge in [-0.05, 0) is 31.5 Å². The lowest BCUT2D eigenvalue weighted by Gasteiger charge is -2.15.